The average molecular weight is 312 g/mol. The van der Waals surface area contributed by atoms with Crippen LogP contribution in [0.2, 0.25) is 0 Å². The van der Waals surface area contributed by atoms with Crippen molar-refractivity contribution in [1.29, 1.82) is 5.26 Å². The molecule has 0 saturated carbocycles. The lowest BCUT2D eigenvalue weighted by atomic mass is 10.2. The van der Waals surface area contributed by atoms with Crippen molar-refractivity contribution in [3.63, 3.8) is 0 Å². The summed E-state index contributed by atoms with van der Waals surface area (Å²) in [6, 6.07) is 6.17. The summed E-state index contributed by atoms with van der Waals surface area (Å²) >= 11 is 6.55. The largest absolute Gasteiger partial charge is 0.192 e. The summed E-state index contributed by atoms with van der Waals surface area (Å²) in [5, 5.41) is 9.11. The fourth-order valence-electron chi connectivity index (χ4n) is 1.08. The monoisotopic (exact) mass is 311 g/mol. The first kappa shape index (κ1) is 13.3. The van der Waals surface area contributed by atoms with E-state index in [2.05, 4.69) is 28.6 Å². The van der Waals surface area contributed by atoms with Crippen LogP contribution in [0.5, 0.6) is 0 Å². The number of thioether (sulfide) groups is 1. The average Bonchev–Trinajstić information content (AvgIpc) is 2.69. The lowest BCUT2D eigenvalue weighted by molar-refractivity contribution is 1.50. The Morgan fingerprint density at radius 2 is 2.38 bits per heavy atom. The van der Waals surface area contributed by atoms with Crippen LogP contribution >= 0.6 is 39.0 Å². The molecule has 4 heteroatoms. The molecule has 0 atom stereocenters. The molecule has 0 bridgehead atoms. The molecule has 0 saturated heterocycles. The van der Waals surface area contributed by atoms with E-state index in [1.165, 1.54) is 0 Å². The zero-order chi connectivity index (χ0) is 12.0. The van der Waals surface area contributed by atoms with Crippen molar-refractivity contribution in [1.82, 2.24) is 0 Å². The van der Waals surface area contributed by atoms with Gasteiger partial charge in [0.15, 0.2) is 0 Å². The van der Waals surface area contributed by atoms with Crippen LogP contribution in [0, 0.1) is 11.3 Å². The number of halogens is 1. The van der Waals surface area contributed by atoms with Crippen molar-refractivity contribution in [2.75, 3.05) is 6.26 Å². The van der Waals surface area contributed by atoms with Gasteiger partial charge in [-0.05, 0) is 46.5 Å². The molecule has 16 heavy (non-hydrogen) atoms. The number of hydrogen-bond acceptors (Lipinski definition) is 3. The van der Waals surface area contributed by atoms with Gasteiger partial charge in [-0.1, -0.05) is 12.7 Å². The molecule has 1 rings (SSSR count). The van der Waals surface area contributed by atoms with Gasteiger partial charge in [0.25, 0.3) is 0 Å². The molecule has 1 heterocycles. The molecule has 1 nitrogen and oxygen atoms in total. The second kappa shape index (κ2) is 6.74. The minimum atomic E-state index is 0.668. The molecule has 0 fully saturated rings. The van der Waals surface area contributed by atoms with E-state index in [1.807, 2.05) is 30.5 Å². The quantitative estimate of drug-likeness (QED) is 0.586. The molecule has 82 valence electrons. The molecule has 0 N–H and O–H groups in total. The number of hydrogen-bond donors (Lipinski definition) is 0. The van der Waals surface area contributed by atoms with Crippen molar-refractivity contribution in [2.45, 2.75) is 0 Å². The van der Waals surface area contributed by atoms with E-state index in [9.17, 15) is 0 Å². The molecule has 0 spiro atoms. The molecule has 1 aromatic heterocycles. The standard InChI is InChI=1S/C12H10BrNS2/c1-3-4-11(15-2)9(8-14)7-10-5-6-12(13)16-10/h3-7H,1H2,2H3/b9-7+,11-4-. The predicted octanol–water partition coefficient (Wildman–Crippen LogP) is 4.85. The molecule has 0 unspecified atom stereocenters. The zero-order valence-corrected chi connectivity index (χ0v) is 12.0. The zero-order valence-electron chi connectivity index (χ0n) is 8.74. The summed E-state index contributed by atoms with van der Waals surface area (Å²) in [6.07, 6.45) is 7.38. The van der Waals surface area contributed by atoms with Crippen molar-refractivity contribution < 1.29 is 0 Å². The van der Waals surface area contributed by atoms with Crippen LogP contribution in [0.3, 0.4) is 0 Å². The molecule has 0 radical (unpaired) electrons. The predicted molar refractivity (Wildman–Crippen MR) is 77.4 cm³/mol. The highest BCUT2D eigenvalue weighted by molar-refractivity contribution is 9.11. The van der Waals surface area contributed by atoms with Crippen molar-refractivity contribution in [3.8, 4) is 6.07 Å². The lowest BCUT2D eigenvalue weighted by Crippen LogP contribution is -1.80. The van der Waals surface area contributed by atoms with Gasteiger partial charge in [0.05, 0.1) is 9.36 Å². The maximum atomic E-state index is 9.11. The van der Waals surface area contributed by atoms with Gasteiger partial charge in [-0.3, -0.25) is 0 Å². The van der Waals surface area contributed by atoms with E-state index in [0.29, 0.717) is 5.57 Å². The Kier molecular flexibility index (Phi) is 5.61. The van der Waals surface area contributed by atoms with Crippen LogP contribution in [0.25, 0.3) is 6.08 Å². The van der Waals surface area contributed by atoms with Crippen LogP contribution in [-0.2, 0) is 0 Å². The van der Waals surface area contributed by atoms with Gasteiger partial charge < -0.3 is 0 Å². The smallest absolute Gasteiger partial charge is 0.100 e. The fourth-order valence-corrected chi connectivity index (χ4v) is 3.01. The maximum absolute atomic E-state index is 9.11. The molecular formula is C12H10BrNS2. The highest BCUT2D eigenvalue weighted by atomic mass is 79.9. The van der Waals surface area contributed by atoms with E-state index in [-0.39, 0.29) is 0 Å². The summed E-state index contributed by atoms with van der Waals surface area (Å²) in [5.41, 5.74) is 0.668. The van der Waals surface area contributed by atoms with E-state index in [0.717, 1.165) is 13.6 Å². The summed E-state index contributed by atoms with van der Waals surface area (Å²) in [6.45, 7) is 3.65. The number of nitriles is 1. The molecule has 0 aliphatic rings. The van der Waals surface area contributed by atoms with Gasteiger partial charge in [0.2, 0.25) is 0 Å². The van der Waals surface area contributed by atoms with E-state index < -0.39 is 0 Å². The van der Waals surface area contributed by atoms with Crippen LogP contribution in [-0.4, -0.2) is 6.26 Å². The highest BCUT2D eigenvalue weighted by Crippen LogP contribution is 2.28. The second-order valence-corrected chi connectivity index (χ2v) is 6.13. The normalized spacial score (nSPS) is 12.3. The molecule has 0 aliphatic carbocycles. The van der Waals surface area contributed by atoms with E-state index in [1.54, 1.807) is 29.2 Å². The SMILES string of the molecule is C=C/C=C(SC)/C(C#N)=C/c1ccc(Br)s1. The van der Waals surface area contributed by atoms with Crippen LogP contribution in [0.4, 0.5) is 0 Å². The number of nitrogens with zero attached hydrogens (tertiary/aromatic N) is 1. The molecule has 0 aromatic carbocycles. The van der Waals surface area contributed by atoms with Gasteiger partial charge in [-0.25, -0.2) is 0 Å². The van der Waals surface area contributed by atoms with Crippen LogP contribution in [0.15, 0.2) is 45.1 Å². The van der Waals surface area contributed by atoms with E-state index >= 15 is 0 Å². The van der Waals surface area contributed by atoms with Gasteiger partial charge in [0, 0.05) is 9.78 Å². The number of rotatable bonds is 4. The summed E-state index contributed by atoms with van der Waals surface area (Å²) in [4.78, 5) is 1.99. The first-order valence-corrected chi connectivity index (χ1v) is 7.29. The summed E-state index contributed by atoms with van der Waals surface area (Å²) < 4.78 is 1.06. The Hall–Kier alpha value is -0.760. The Balaban J connectivity index is 3.07. The number of allylic oxidation sites excluding steroid dienone is 3. The highest BCUT2D eigenvalue weighted by Gasteiger charge is 2.03. The van der Waals surface area contributed by atoms with Crippen LogP contribution in [0.1, 0.15) is 4.88 Å². The third kappa shape index (κ3) is 3.67. The summed E-state index contributed by atoms with van der Waals surface area (Å²) in [5.74, 6) is 0. The second-order valence-electron chi connectivity index (χ2n) is 2.78. The maximum Gasteiger partial charge on any atom is 0.100 e. The van der Waals surface area contributed by atoms with Gasteiger partial charge in [0.1, 0.15) is 6.07 Å². The third-order valence-corrected chi connectivity index (χ3v) is 4.12. The third-order valence-electron chi connectivity index (χ3n) is 1.76. The lowest BCUT2D eigenvalue weighted by Gasteiger charge is -1.99. The first-order chi connectivity index (χ1) is 7.71. The topological polar surface area (TPSA) is 23.8 Å². The molecule has 0 amide bonds. The minimum absolute atomic E-state index is 0.668. The van der Waals surface area contributed by atoms with Crippen molar-refractivity contribution >= 4 is 45.1 Å². The minimum Gasteiger partial charge on any atom is -0.192 e. The Morgan fingerprint density at radius 1 is 1.62 bits per heavy atom. The van der Waals surface area contributed by atoms with Crippen LogP contribution < -0.4 is 0 Å². The fraction of sp³-hybridized carbons (Fsp3) is 0.0833. The van der Waals surface area contributed by atoms with Crippen molar-refractivity contribution in [2.24, 2.45) is 0 Å². The van der Waals surface area contributed by atoms with E-state index in [4.69, 9.17) is 5.26 Å². The summed E-state index contributed by atoms with van der Waals surface area (Å²) in [7, 11) is 0. The number of thiophene rings is 1. The Labute approximate surface area is 112 Å². The Bertz CT molecular complexity index is 477. The Morgan fingerprint density at radius 3 is 2.81 bits per heavy atom. The van der Waals surface area contributed by atoms with Crippen molar-refractivity contribution in [3.05, 3.63) is 50.0 Å². The first-order valence-electron chi connectivity index (χ1n) is 4.45. The van der Waals surface area contributed by atoms with Gasteiger partial charge in [-0.15, -0.1) is 23.1 Å². The molecule has 1 aromatic rings. The molecule has 0 aliphatic heterocycles. The van der Waals surface area contributed by atoms with Gasteiger partial charge >= 0.3 is 0 Å². The van der Waals surface area contributed by atoms with Gasteiger partial charge in [-0.2, -0.15) is 5.26 Å². The molecular weight excluding hydrogens is 302 g/mol.